The summed E-state index contributed by atoms with van der Waals surface area (Å²) in [6.45, 7) is 1.87. The minimum Gasteiger partial charge on any atom is -0.382 e. The second-order valence-corrected chi connectivity index (χ2v) is 1.60. The fraction of sp³-hybridized carbons (Fsp3) is 0.200. The highest BCUT2D eigenvalue weighted by atomic mass is 35.5. The van der Waals surface area contributed by atoms with E-state index in [2.05, 4.69) is 10.2 Å². The maximum absolute atomic E-state index is 5.25. The van der Waals surface area contributed by atoms with Crippen LogP contribution in [0.15, 0.2) is 12.1 Å². The molecule has 0 bridgehead atoms. The monoisotopic (exact) mass is 145 g/mol. The number of nitrogens with two attached hydrogens (primary N) is 1. The van der Waals surface area contributed by atoms with Crippen molar-refractivity contribution >= 4 is 18.2 Å². The number of hydrogen-bond donors (Lipinski definition) is 1. The van der Waals surface area contributed by atoms with Crippen LogP contribution in [0.5, 0.6) is 0 Å². The zero-order valence-corrected chi connectivity index (χ0v) is 5.85. The van der Waals surface area contributed by atoms with Gasteiger partial charge < -0.3 is 5.73 Å². The summed E-state index contributed by atoms with van der Waals surface area (Å²) in [6.07, 6.45) is 0. The molecule has 3 nitrogen and oxygen atoms in total. The van der Waals surface area contributed by atoms with Crippen LogP contribution in [0.1, 0.15) is 5.69 Å². The highest BCUT2D eigenvalue weighted by Gasteiger charge is 1.83. The molecule has 2 N–H and O–H groups in total. The lowest BCUT2D eigenvalue weighted by Crippen LogP contribution is -1.92. The molecule has 0 saturated carbocycles. The maximum atomic E-state index is 5.25. The first-order chi connectivity index (χ1) is 3.79. The number of anilines is 1. The third-order valence-electron chi connectivity index (χ3n) is 0.819. The first-order valence-corrected chi connectivity index (χ1v) is 2.35. The molecule has 0 aliphatic carbocycles. The average Bonchev–Trinajstić information content (AvgIpc) is 1.77. The molecule has 0 unspecified atom stereocenters. The van der Waals surface area contributed by atoms with Crippen molar-refractivity contribution in [2.24, 2.45) is 0 Å². The molecule has 0 fully saturated rings. The van der Waals surface area contributed by atoms with Crippen molar-refractivity contribution in [3.05, 3.63) is 17.8 Å². The van der Waals surface area contributed by atoms with Gasteiger partial charge in [-0.05, 0) is 19.1 Å². The lowest BCUT2D eigenvalue weighted by molar-refractivity contribution is 0.990. The van der Waals surface area contributed by atoms with Crippen molar-refractivity contribution in [3.8, 4) is 0 Å². The number of nitrogens with zero attached hydrogens (tertiary/aromatic N) is 2. The van der Waals surface area contributed by atoms with Crippen molar-refractivity contribution in [2.45, 2.75) is 6.92 Å². The third-order valence-corrected chi connectivity index (χ3v) is 0.819. The molecule has 50 valence electrons. The van der Waals surface area contributed by atoms with Crippen LogP contribution in [0.3, 0.4) is 0 Å². The molecule has 1 rings (SSSR count). The molecule has 0 saturated heterocycles. The van der Waals surface area contributed by atoms with Gasteiger partial charge in [-0.3, -0.25) is 0 Å². The number of aromatic nitrogens is 2. The molecule has 9 heavy (non-hydrogen) atoms. The smallest absolute Gasteiger partial charge is 0.146 e. The summed E-state index contributed by atoms with van der Waals surface area (Å²) in [7, 11) is 0. The van der Waals surface area contributed by atoms with Gasteiger partial charge in [-0.2, -0.15) is 5.10 Å². The summed E-state index contributed by atoms with van der Waals surface area (Å²) in [5, 5.41) is 7.31. The number of rotatable bonds is 0. The average molecular weight is 146 g/mol. The summed E-state index contributed by atoms with van der Waals surface area (Å²) < 4.78 is 0. The normalized spacial score (nSPS) is 8.11. The molecule has 4 heteroatoms. The standard InChI is InChI=1S/C5H7N3.ClH/c1-4-2-3-5(6)8-7-4;/h2-3H,1H3,(H2,6,8);1H. The number of aryl methyl sites for hydroxylation is 1. The van der Waals surface area contributed by atoms with Gasteiger partial charge in [0, 0.05) is 0 Å². The van der Waals surface area contributed by atoms with Crippen LogP contribution in [0.4, 0.5) is 5.82 Å². The SMILES string of the molecule is Cc1ccc(N)nn1.Cl. The van der Waals surface area contributed by atoms with Crippen LogP contribution in [-0.4, -0.2) is 10.2 Å². The Morgan fingerprint density at radius 2 is 2.00 bits per heavy atom. The van der Waals surface area contributed by atoms with Crippen molar-refractivity contribution in [2.75, 3.05) is 5.73 Å². The largest absolute Gasteiger partial charge is 0.382 e. The van der Waals surface area contributed by atoms with E-state index >= 15 is 0 Å². The van der Waals surface area contributed by atoms with E-state index in [0.29, 0.717) is 5.82 Å². The van der Waals surface area contributed by atoms with Crippen LogP contribution in [0, 0.1) is 6.92 Å². The zero-order chi connectivity index (χ0) is 5.98. The minimum absolute atomic E-state index is 0. The molecule has 0 aromatic carbocycles. The number of halogens is 1. The molecule has 1 aromatic heterocycles. The van der Waals surface area contributed by atoms with Crippen molar-refractivity contribution in [1.29, 1.82) is 0 Å². The van der Waals surface area contributed by atoms with E-state index in [-0.39, 0.29) is 12.4 Å². The van der Waals surface area contributed by atoms with E-state index in [4.69, 9.17) is 5.73 Å². The Labute approximate surface area is 59.7 Å². The van der Waals surface area contributed by atoms with Crippen molar-refractivity contribution < 1.29 is 0 Å². The molecule has 1 heterocycles. The number of nitrogen functional groups attached to an aromatic ring is 1. The van der Waals surface area contributed by atoms with Gasteiger partial charge in [-0.15, -0.1) is 17.5 Å². The maximum Gasteiger partial charge on any atom is 0.146 e. The molecule has 0 aliphatic rings. The van der Waals surface area contributed by atoms with E-state index < -0.39 is 0 Å². The highest BCUT2D eigenvalue weighted by Crippen LogP contribution is 1.92. The fourth-order valence-electron chi connectivity index (χ4n) is 0.409. The first-order valence-electron chi connectivity index (χ1n) is 2.35. The summed E-state index contributed by atoms with van der Waals surface area (Å²) in [5.41, 5.74) is 6.14. The van der Waals surface area contributed by atoms with Crippen molar-refractivity contribution in [3.63, 3.8) is 0 Å². The molecule has 0 radical (unpaired) electrons. The highest BCUT2D eigenvalue weighted by molar-refractivity contribution is 5.85. The zero-order valence-electron chi connectivity index (χ0n) is 5.03. The van der Waals surface area contributed by atoms with Gasteiger partial charge in [-0.1, -0.05) is 0 Å². The Bertz CT molecular complexity index is 151. The van der Waals surface area contributed by atoms with Crippen LogP contribution < -0.4 is 5.73 Å². The number of hydrogen-bond acceptors (Lipinski definition) is 3. The second kappa shape index (κ2) is 3.25. The van der Waals surface area contributed by atoms with E-state index in [1.54, 1.807) is 6.07 Å². The van der Waals surface area contributed by atoms with Crippen LogP contribution in [0.2, 0.25) is 0 Å². The Kier molecular flexibility index (Phi) is 2.95. The fourth-order valence-corrected chi connectivity index (χ4v) is 0.409. The second-order valence-electron chi connectivity index (χ2n) is 1.60. The Balaban J connectivity index is 0.000000640. The van der Waals surface area contributed by atoms with Crippen LogP contribution in [0.25, 0.3) is 0 Å². The summed E-state index contributed by atoms with van der Waals surface area (Å²) in [5.74, 6) is 0.468. The van der Waals surface area contributed by atoms with Gasteiger partial charge in [0.1, 0.15) is 5.82 Å². The predicted molar refractivity (Wildman–Crippen MR) is 38.4 cm³/mol. The molecule has 0 aliphatic heterocycles. The lowest BCUT2D eigenvalue weighted by Gasteiger charge is -1.87. The van der Waals surface area contributed by atoms with Gasteiger partial charge in [0.05, 0.1) is 5.69 Å². The van der Waals surface area contributed by atoms with Gasteiger partial charge in [0.15, 0.2) is 0 Å². The topological polar surface area (TPSA) is 51.8 Å². The van der Waals surface area contributed by atoms with Crippen LogP contribution in [-0.2, 0) is 0 Å². The minimum atomic E-state index is 0. The Morgan fingerprint density at radius 3 is 2.33 bits per heavy atom. The predicted octanol–water partition coefficient (Wildman–Crippen LogP) is 0.789. The molecule has 0 atom stereocenters. The summed E-state index contributed by atoms with van der Waals surface area (Å²) >= 11 is 0. The summed E-state index contributed by atoms with van der Waals surface area (Å²) in [4.78, 5) is 0. The van der Waals surface area contributed by atoms with Gasteiger partial charge in [0.25, 0.3) is 0 Å². The van der Waals surface area contributed by atoms with E-state index in [0.717, 1.165) is 5.69 Å². The third kappa shape index (κ3) is 2.28. The van der Waals surface area contributed by atoms with Crippen molar-refractivity contribution in [1.82, 2.24) is 10.2 Å². The summed E-state index contributed by atoms with van der Waals surface area (Å²) in [6, 6.07) is 3.55. The lowest BCUT2D eigenvalue weighted by atomic mass is 10.4. The molecular formula is C5H8ClN3. The van der Waals surface area contributed by atoms with Gasteiger partial charge >= 0.3 is 0 Å². The van der Waals surface area contributed by atoms with Crippen LogP contribution >= 0.6 is 12.4 Å². The Hall–Kier alpha value is -0.830. The van der Waals surface area contributed by atoms with E-state index in [9.17, 15) is 0 Å². The van der Waals surface area contributed by atoms with E-state index in [1.165, 1.54) is 0 Å². The molecule has 0 amide bonds. The molecule has 1 aromatic rings. The molecule has 0 spiro atoms. The molecular weight excluding hydrogens is 138 g/mol. The Morgan fingerprint density at radius 1 is 1.33 bits per heavy atom. The first kappa shape index (κ1) is 8.17. The van der Waals surface area contributed by atoms with E-state index in [1.807, 2.05) is 13.0 Å². The van der Waals surface area contributed by atoms with Gasteiger partial charge in [0.2, 0.25) is 0 Å². The quantitative estimate of drug-likeness (QED) is 0.587. The van der Waals surface area contributed by atoms with Gasteiger partial charge in [-0.25, -0.2) is 0 Å².